The van der Waals surface area contributed by atoms with E-state index in [1.807, 2.05) is 4.68 Å². The Balaban J connectivity index is 1.87. The standard InChI is InChI=1S/C15H21N5/c1-12-4-3-10-19(11-9-12)15-16-17-18-20(15)14-7-5-13(2)6-8-14/h5-8,12H,3-4,9-11H2,1-2H3. The van der Waals surface area contributed by atoms with E-state index in [2.05, 4.69) is 58.5 Å². The summed E-state index contributed by atoms with van der Waals surface area (Å²) < 4.78 is 1.84. The zero-order valence-electron chi connectivity index (χ0n) is 12.2. The van der Waals surface area contributed by atoms with E-state index < -0.39 is 0 Å². The SMILES string of the molecule is Cc1ccc(-n2nnnc2N2CCCC(C)CC2)cc1. The molecule has 0 radical (unpaired) electrons. The fourth-order valence-electron chi connectivity index (χ4n) is 2.70. The van der Waals surface area contributed by atoms with Gasteiger partial charge in [-0.25, -0.2) is 0 Å². The van der Waals surface area contributed by atoms with Crippen molar-refractivity contribution < 1.29 is 0 Å². The van der Waals surface area contributed by atoms with E-state index >= 15 is 0 Å². The molecule has 1 aromatic heterocycles. The fourth-order valence-corrected chi connectivity index (χ4v) is 2.70. The van der Waals surface area contributed by atoms with E-state index in [4.69, 9.17) is 0 Å². The van der Waals surface area contributed by atoms with E-state index in [9.17, 15) is 0 Å². The minimum Gasteiger partial charge on any atom is -0.339 e. The Kier molecular flexibility index (Phi) is 3.67. The molecule has 1 fully saturated rings. The van der Waals surface area contributed by atoms with E-state index in [-0.39, 0.29) is 0 Å². The maximum atomic E-state index is 4.23. The van der Waals surface area contributed by atoms with Gasteiger partial charge in [0.05, 0.1) is 5.69 Å². The quantitative estimate of drug-likeness (QED) is 0.842. The molecule has 5 heteroatoms. The first kappa shape index (κ1) is 13.1. The normalized spacial score (nSPS) is 19.9. The van der Waals surface area contributed by atoms with Gasteiger partial charge in [0.1, 0.15) is 0 Å². The molecule has 0 aliphatic carbocycles. The highest BCUT2D eigenvalue weighted by Crippen LogP contribution is 2.22. The number of aryl methyl sites for hydroxylation is 1. The van der Waals surface area contributed by atoms with Crippen molar-refractivity contribution in [2.75, 3.05) is 18.0 Å². The monoisotopic (exact) mass is 271 g/mol. The summed E-state index contributed by atoms with van der Waals surface area (Å²) in [6.45, 7) is 6.48. The van der Waals surface area contributed by atoms with Crippen molar-refractivity contribution in [2.24, 2.45) is 5.92 Å². The van der Waals surface area contributed by atoms with Crippen molar-refractivity contribution in [3.05, 3.63) is 29.8 Å². The van der Waals surface area contributed by atoms with Crippen LogP contribution in [0.25, 0.3) is 5.69 Å². The van der Waals surface area contributed by atoms with Gasteiger partial charge in [0.2, 0.25) is 5.95 Å². The van der Waals surface area contributed by atoms with Crippen LogP contribution in [0.5, 0.6) is 0 Å². The summed E-state index contributed by atoms with van der Waals surface area (Å²) >= 11 is 0. The van der Waals surface area contributed by atoms with Crippen LogP contribution in [0.4, 0.5) is 5.95 Å². The molecule has 0 amide bonds. The summed E-state index contributed by atoms with van der Waals surface area (Å²) in [5.41, 5.74) is 2.26. The first-order valence-electron chi connectivity index (χ1n) is 7.34. The Labute approximate surface area is 119 Å². The topological polar surface area (TPSA) is 46.8 Å². The Morgan fingerprint density at radius 2 is 1.90 bits per heavy atom. The number of hydrogen-bond donors (Lipinski definition) is 0. The first-order valence-corrected chi connectivity index (χ1v) is 7.34. The minimum atomic E-state index is 0.795. The molecule has 2 heterocycles. The maximum Gasteiger partial charge on any atom is 0.250 e. The highest BCUT2D eigenvalue weighted by molar-refractivity contribution is 5.41. The van der Waals surface area contributed by atoms with Crippen LogP contribution in [-0.4, -0.2) is 33.3 Å². The lowest BCUT2D eigenvalue weighted by molar-refractivity contribution is 0.520. The van der Waals surface area contributed by atoms with Crippen LogP contribution in [-0.2, 0) is 0 Å². The highest BCUT2D eigenvalue weighted by atomic mass is 15.6. The maximum absolute atomic E-state index is 4.23. The number of aromatic nitrogens is 4. The largest absolute Gasteiger partial charge is 0.339 e. The van der Waals surface area contributed by atoms with E-state index in [1.54, 1.807) is 0 Å². The molecule has 1 unspecified atom stereocenters. The van der Waals surface area contributed by atoms with Gasteiger partial charge in [0.15, 0.2) is 0 Å². The van der Waals surface area contributed by atoms with Gasteiger partial charge in [0.25, 0.3) is 0 Å². The van der Waals surface area contributed by atoms with Gasteiger partial charge in [-0.05, 0) is 54.7 Å². The molecule has 3 rings (SSSR count). The second-order valence-electron chi connectivity index (χ2n) is 5.75. The Hall–Kier alpha value is -1.91. The van der Waals surface area contributed by atoms with Crippen molar-refractivity contribution in [1.29, 1.82) is 0 Å². The molecule has 5 nitrogen and oxygen atoms in total. The van der Waals surface area contributed by atoms with Crippen molar-refractivity contribution in [3.63, 3.8) is 0 Å². The van der Waals surface area contributed by atoms with Crippen LogP contribution < -0.4 is 4.90 Å². The summed E-state index contributed by atoms with van der Waals surface area (Å²) in [4.78, 5) is 2.31. The average Bonchev–Trinajstić information content (AvgIpc) is 2.83. The van der Waals surface area contributed by atoms with Gasteiger partial charge in [-0.1, -0.05) is 29.7 Å². The molecule has 106 valence electrons. The average molecular weight is 271 g/mol. The third kappa shape index (κ3) is 2.66. The fraction of sp³-hybridized carbons (Fsp3) is 0.533. The smallest absolute Gasteiger partial charge is 0.250 e. The Bertz CT molecular complexity index is 560. The summed E-state index contributed by atoms with van der Waals surface area (Å²) in [5, 5.41) is 12.3. The van der Waals surface area contributed by atoms with Crippen molar-refractivity contribution >= 4 is 5.95 Å². The number of nitrogens with zero attached hydrogens (tertiary/aromatic N) is 5. The lowest BCUT2D eigenvalue weighted by atomic mass is 10.0. The molecule has 0 N–H and O–H groups in total. The molecule has 1 saturated heterocycles. The Morgan fingerprint density at radius 1 is 1.10 bits per heavy atom. The van der Waals surface area contributed by atoms with E-state index in [0.717, 1.165) is 30.6 Å². The van der Waals surface area contributed by atoms with Gasteiger partial charge < -0.3 is 4.90 Å². The second-order valence-corrected chi connectivity index (χ2v) is 5.75. The van der Waals surface area contributed by atoms with Crippen LogP contribution >= 0.6 is 0 Å². The molecule has 1 aliphatic heterocycles. The second kappa shape index (κ2) is 5.61. The van der Waals surface area contributed by atoms with Crippen molar-refractivity contribution in [2.45, 2.75) is 33.1 Å². The number of anilines is 1. The van der Waals surface area contributed by atoms with Crippen LogP contribution in [0.2, 0.25) is 0 Å². The summed E-state index contributed by atoms with van der Waals surface area (Å²) in [6, 6.07) is 8.31. The van der Waals surface area contributed by atoms with Gasteiger partial charge in [-0.3, -0.25) is 0 Å². The molecule has 2 aromatic rings. The number of rotatable bonds is 2. The summed E-state index contributed by atoms with van der Waals surface area (Å²) in [6.07, 6.45) is 3.71. The minimum absolute atomic E-state index is 0.795. The zero-order valence-corrected chi connectivity index (χ0v) is 12.2. The van der Waals surface area contributed by atoms with Crippen molar-refractivity contribution in [3.8, 4) is 5.69 Å². The molecule has 1 aliphatic rings. The highest BCUT2D eigenvalue weighted by Gasteiger charge is 2.19. The predicted octanol–water partition coefficient (Wildman–Crippen LogP) is 2.60. The molecule has 20 heavy (non-hydrogen) atoms. The number of benzene rings is 1. The van der Waals surface area contributed by atoms with Crippen LogP contribution in [0.3, 0.4) is 0 Å². The molecular formula is C15H21N5. The Morgan fingerprint density at radius 3 is 2.70 bits per heavy atom. The van der Waals surface area contributed by atoms with Crippen LogP contribution in [0, 0.1) is 12.8 Å². The molecule has 0 bridgehead atoms. The lowest BCUT2D eigenvalue weighted by Gasteiger charge is -2.20. The van der Waals surface area contributed by atoms with Gasteiger partial charge in [-0.2, -0.15) is 4.68 Å². The summed E-state index contributed by atoms with van der Waals surface area (Å²) in [5.74, 6) is 1.66. The zero-order chi connectivity index (χ0) is 13.9. The third-order valence-electron chi connectivity index (χ3n) is 4.03. The third-order valence-corrected chi connectivity index (χ3v) is 4.03. The van der Waals surface area contributed by atoms with Gasteiger partial charge in [-0.15, -0.1) is 0 Å². The van der Waals surface area contributed by atoms with E-state index in [1.165, 1.54) is 24.8 Å². The van der Waals surface area contributed by atoms with Gasteiger partial charge in [0, 0.05) is 13.1 Å². The molecule has 1 aromatic carbocycles. The molecule has 0 saturated carbocycles. The van der Waals surface area contributed by atoms with Gasteiger partial charge >= 0.3 is 0 Å². The van der Waals surface area contributed by atoms with Crippen LogP contribution in [0.15, 0.2) is 24.3 Å². The van der Waals surface area contributed by atoms with Crippen molar-refractivity contribution in [1.82, 2.24) is 20.2 Å². The van der Waals surface area contributed by atoms with Crippen LogP contribution in [0.1, 0.15) is 31.7 Å². The first-order chi connectivity index (χ1) is 9.74. The molecular weight excluding hydrogens is 250 g/mol. The van der Waals surface area contributed by atoms with E-state index in [0.29, 0.717) is 0 Å². The number of tetrazole rings is 1. The molecule has 1 atom stereocenters. The molecule has 0 spiro atoms. The summed E-state index contributed by atoms with van der Waals surface area (Å²) in [7, 11) is 0. The lowest BCUT2D eigenvalue weighted by Crippen LogP contribution is -2.27. The number of hydrogen-bond acceptors (Lipinski definition) is 4. The predicted molar refractivity (Wildman–Crippen MR) is 79.1 cm³/mol.